The average Bonchev–Trinajstić information content (AvgIpc) is 2.57. The fourth-order valence-corrected chi connectivity index (χ4v) is 2.64. The second kappa shape index (κ2) is 4.08. The molecule has 0 N–H and O–H groups in total. The van der Waals surface area contributed by atoms with E-state index in [0.29, 0.717) is 5.41 Å². The van der Waals surface area contributed by atoms with Gasteiger partial charge in [0.25, 0.3) is 0 Å². The molecule has 0 aliphatic heterocycles. The minimum Gasteiger partial charge on any atom is -0.148 e. The normalized spacial score (nSPS) is 15.9. The molecule has 0 fully saturated rings. The van der Waals surface area contributed by atoms with Crippen molar-refractivity contribution in [3.05, 3.63) is 22.4 Å². The summed E-state index contributed by atoms with van der Waals surface area (Å²) in [7, 11) is 0. The van der Waals surface area contributed by atoms with E-state index in [1.165, 1.54) is 19.3 Å². The average molecular weight is 182 g/mol. The molecule has 0 spiro atoms. The first kappa shape index (κ1) is 9.79. The van der Waals surface area contributed by atoms with Gasteiger partial charge in [0.05, 0.1) is 0 Å². The van der Waals surface area contributed by atoms with Crippen LogP contribution in [0.3, 0.4) is 0 Å². The Labute approximate surface area is 79.6 Å². The highest BCUT2D eigenvalue weighted by molar-refractivity contribution is 7.10. The Hall–Kier alpha value is -0.300. The largest absolute Gasteiger partial charge is 0.148 e. The summed E-state index contributed by atoms with van der Waals surface area (Å²) >= 11 is 1.89. The molecule has 0 saturated carbocycles. The Bertz CT molecular complexity index is 213. The SMILES string of the molecule is CCCC(C)(CC)c1cccs1. The first-order valence-corrected chi connectivity index (χ1v) is 5.65. The lowest BCUT2D eigenvalue weighted by molar-refractivity contribution is 0.422. The van der Waals surface area contributed by atoms with Crippen molar-refractivity contribution in [1.29, 1.82) is 0 Å². The highest BCUT2D eigenvalue weighted by Gasteiger charge is 2.23. The summed E-state index contributed by atoms with van der Waals surface area (Å²) < 4.78 is 0. The zero-order chi connectivity index (χ0) is 9.03. The number of hydrogen-bond donors (Lipinski definition) is 0. The van der Waals surface area contributed by atoms with Crippen molar-refractivity contribution < 1.29 is 0 Å². The van der Waals surface area contributed by atoms with Crippen molar-refractivity contribution in [1.82, 2.24) is 0 Å². The van der Waals surface area contributed by atoms with E-state index in [1.807, 2.05) is 11.3 Å². The van der Waals surface area contributed by atoms with Crippen LogP contribution >= 0.6 is 11.3 Å². The molecule has 0 radical (unpaired) electrons. The van der Waals surface area contributed by atoms with Crippen LogP contribution in [0.5, 0.6) is 0 Å². The molecule has 0 bridgehead atoms. The van der Waals surface area contributed by atoms with E-state index < -0.39 is 0 Å². The second-order valence-corrected chi connectivity index (χ2v) is 4.59. The van der Waals surface area contributed by atoms with Gasteiger partial charge in [-0.1, -0.05) is 33.3 Å². The molecule has 1 rings (SSSR count). The molecule has 1 heterocycles. The third-order valence-corrected chi connectivity index (χ3v) is 3.87. The maximum Gasteiger partial charge on any atom is 0.0104 e. The molecule has 1 aromatic rings. The molecule has 68 valence electrons. The van der Waals surface area contributed by atoms with Crippen LogP contribution in [0, 0.1) is 0 Å². The Balaban J connectivity index is 2.80. The summed E-state index contributed by atoms with van der Waals surface area (Å²) in [5.74, 6) is 0. The van der Waals surface area contributed by atoms with Crippen LogP contribution in [0.25, 0.3) is 0 Å². The van der Waals surface area contributed by atoms with Gasteiger partial charge in [0.1, 0.15) is 0 Å². The smallest absolute Gasteiger partial charge is 0.0104 e. The summed E-state index contributed by atoms with van der Waals surface area (Å²) in [6, 6.07) is 4.42. The second-order valence-electron chi connectivity index (χ2n) is 3.64. The summed E-state index contributed by atoms with van der Waals surface area (Å²) in [6.07, 6.45) is 3.84. The van der Waals surface area contributed by atoms with Gasteiger partial charge in [0.2, 0.25) is 0 Å². The van der Waals surface area contributed by atoms with Gasteiger partial charge in [0, 0.05) is 10.3 Å². The van der Waals surface area contributed by atoms with E-state index in [2.05, 4.69) is 38.3 Å². The minimum atomic E-state index is 0.433. The van der Waals surface area contributed by atoms with Gasteiger partial charge >= 0.3 is 0 Å². The molecule has 1 atom stereocenters. The molecular formula is C11H18S. The number of rotatable bonds is 4. The highest BCUT2D eigenvalue weighted by atomic mass is 32.1. The zero-order valence-corrected chi connectivity index (χ0v) is 9.08. The molecule has 0 aromatic carbocycles. The molecule has 12 heavy (non-hydrogen) atoms. The van der Waals surface area contributed by atoms with Gasteiger partial charge in [0.15, 0.2) is 0 Å². The standard InChI is InChI=1S/C11H18S/c1-4-8-11(3,5-2)10-7-6-9-12-10/h6-7,9H,4-5,8H2,1-3H3. The summed E-state index contributed by atoms with van der Waals surface area (Å²) in [4.78, 5) is 1.55. The summed E-state index contributed by atoms with van der Waals surface area (Å²) in [6.45, 7) is 6.93. The first-order chi connectivity index (χ1) is 5.73. The van der Waals surface area contributed by atoms with Crippen molar-refractivity contribution in [3.63, 3.8) is 0 Å². The van der Waals surface area contributed by atoms with Crippen LogP contribution in [-0.2, 0) is 5.41 Å². The fraction of sp³-hybridized carbons (Fsp3) is 0.636. The van der Waals surface area contributed by atoms with Crippen LogP contribution in [0.4, 0.5) is 0 Å². The molecule has 0 aliphatic carbocycles. The molecule has 1 aromatic heterocycles. The lowest BCUT2D eigenvalue weighted by Crippen LogP contribution is -2.18. The van der Waals surface area contributed by atoms with Crippen LogP contribution in [-0.4, -0.2) is 0 Å². The summed E-state index contributed by atoms with van der Waals surface area (Å²) in [5.41, 5.74) is 0.433. The molecule has 0 saturated heterocycles. The van der Waals surface area contributed by atoms with E-state index in [-0.39, 0.29) is 0 Å². The molecule has 1 unspecified atom stereocenters. The van der Waals surface area contributed by atoms with Gasteiger partial charge in [-0.2, -0.15) is 0 Å². The predicted octanol–water partition coefficient (Wildman–Crippen LogP) is 4.22. The van der Waals surface area contributed by atoms with E-state index in [4.69, 9.17) is 0 Å². The van der Waals surface area contributed by atoms with Gasteiger partial charge in [-0.05, 0) is 24.3 Å². The maximum atomic E-state index is 2.38. The Morgan fingerprint density at radius 1 is 1.42 bits per heavy atom. The Morgan fingerprint density at radius 3 is 2.58 bits per heavy atom. The number of hydrogen-bond acceptors (Lipinski definition) is 1. The van der Waals surface area contributed by atoms with Crippen LogP contribution in [0.15, 0.2) is 17.5 Å². The van der Waals surface area contributed by atoms with E-state index in [1.54, 1.807) is 4.88 Å². The van der Waals surface area contributed by atoms with Crippen molar-refractivity contribution in [2.75, 3.05) is 0 Å². The monoisotopic (exact) mass is 182 g/mol. The van der Waals surface area contributed by atoms with Crippen molar-refractivity contribution in [2.24, 2.45) is 0 Å². The molecule has 0 aliphatic rings. The van der Waals surface area contributed by atoms with Crippen LogP contribution in [0.1, 0.15) is 44.9 Å². The molecular weight excluding hydrogens is 164 g/mol. The van der Waals surface area contributed by atoms with E-state index in [0.717, 1.165) is 0 Å². The van der Waals surface area contributed by atoms with Gasteiger partial charge in [-0.25, -0.2) is 0 Å². The van der Waals surface area contributed by atoms with Crippen molar-refractivity contribution in [2.45, 2.75) is 45.4 Å². The van der Waals surface area contributed by atoms with Gasteiger partial charge in [-0.15, -0.1) is 11.3 Å². The molecule has 0 amide bonds. The Kier molecular flexibility index (Phi) is 3.33. The lowest BCUT2D eigenvalue weighted by atomic mass is 9.81. The molecule has 1 heteroatoms. The quantitative estimate of drug-likeness (QED) is 0.654. The van der Waals surface area contributed by atoms with E-state index in [9.17, 15) is 0 Å². The van der Waals surface area contributed by atoms with Crippen LogP contribution in [0.2, 0.25) is 0 Å². The van der Waals surface area contributed by atoms with E-state index >= 15 is 0 Å². The Morgan fingerprint density at radius 2 is 2.17 bits per heavy atom. The minimum absolute atomic E-state index is 0.433. The van der Waals surface area contributed by atoms with Crippen molar-refractivity contribution in [3.8, 4) is 0 Å². The fourth-order valence-electron chi connectivity index (χ4n) is 1.65. The topological polar surface area (TPSA) is 0 Å². The predicted molar refractivity (Wildman–Crippen MR) is 56.9 cm³/mol. The summed E-state index contributed by atoms with van der Waals surface area (Å²) in [5, 5.41) is 2.18. The van der Waals surface area contributed by atoms with Gasteiger partial charge < -0.3 is 0 Å². The zero-order valence-electron chi connectivity index (χ0n) is 8.26. The first-order valence-electron chi connectivity index (χ1n) is 4.77. The third kappa shape index (κ3) is 1.89. The van der Waals surface area contributed by atoms with Crippen molar-refractivity contribution >= 4 is 11.3 Å². The molecule has 0 nitrogen and oxygen atoms in total. The lowest BCUT2D eigenvalue weighted by Gasteiger charge is -2.26. The van der Waals surface area contributed by atoms with Crippen LogP contribution < -0.4 is 0 Å². The number of thiophene rings is 1. The van der Waals surface area contributed by atoms with Gasteiger partial charge in [-0.3, -0.25) is 0 Å². The highest BCUT2D eigenvalue weighted by Crippen LogP contribution is 2.35. The third-order valence-electron chi connectivity index (χ3n) is 2.70. The maximum absolute atomic E-state index is 2.38.